The fourth-order valence-corrected chi connectivity index (χ4v) is 3.11. The van der Waals surface area contributed by atoms with Crippen molar-refractivity contribution in [3.8, 4) is 5.75 Å². The summed E-state index contributed by atoms with van der Waals surface area (Å²) in [6.45, 7) is 5.88. The van der Waals surface area contributed by atoms with Crippen molar-refractivity contribution in [3.63, 3.8) is 0 Å². The number of hydrogen-bond acceptors (Lipinski definition) is 2. The lowest BCUT2D eigenvalue weighted by Gasteiger charge is -2.19. The van der Waals surface area contributed by atoms with Gasteiger partial charge in [0.05, 0.1) is 17.6 Å². The van der Waals surface area contributed by atoms with Gasteiger partial charge >= 0.3 is 6.18 Å². The Morgan fingerprint density at radius 1 is 1.14 bits per heavy atom. The Labute approximate surface area is 162 Å². The van der Waals surface area contributed by atoms with Gasteiger partial charge in [0.25, 0.3) is 0 Å². The van der Waals surface area contributed by atoms with Crippen molar-refractivity contribution < 1.29 is 22.7 Å². The van der Waals surface area contributed by atoms with Crippen LogP contribution in [0, 0.1) is 12.8 Å². The van der Waals surface area contributed by atoms with Gasteiger partial charge in [0.1, 0.15) is 5.75 Å². The zero-order chi connectivity index (χ0) is 20.5. The van der Waals surface area contributed by atoms with Crippen LogP contribution in [0.5, 0.6) is 5.75 Å². The van der Waals surface area contributed by atoms with Crippen LogP contribution in [-0.4, -0.2) is 12.5 Å². The second kappa shape index (κ2) is 7.49. The maximum absolute atomic E-state index is 13.4. The summed E-state index contributed by atoms with van der Waals surface area (Å²) in [6, 6.07) is 11.4. The molecule has 1 amide bonds. The first-order valence-electron chi connectivity index (χ1n) is 9.34. The highest BCUT2D eigenvalue weighted by Gasteiger charge is 2.51. The molecule has 1 saturated carbocycles. The average Bonchev–Trinajstić information content (AvgIpc) is 3.42. The number of aryl methyl sites for hydroxylation is 1. The van der Waals surface area contributed by atoms with Crippen LogP contribution in [0.3, 0.4) is 0 Å². The van der Waals surface area contributed by atoms with Crippen LogP contribution < -0.4 is 10.1 Å². The van der Waals surface area contributed by atoms with Crippen molar-refractivity contribution in [1.82, 2.24) is 0 Å². The first kappa shape index (κ1) is 20.2. The molecule has 0 unspecified atom stereocenters. The first-order chi connectivity index (χ1) is 13.1. The van der Waals surface area contributed by atoms with Crippen LogP contribution in [0.25, 0.3) is 0 Å². The number of hydrogen-bond donors (Lipinski definition) is 1. The van der Waals surface area contributed by atoms with Gasteiger partial charge < -0.3 is 10.1 Å². The molecule has 28 heavy (non-hydrogen) atoms. The third-order valence-electron chi connectivity index (χ3n) is 4.90. The van der Waals surface area contributed by atoms with E-state index in [-0.39, 0.29) is 29.9 Å². The van der Waals surface area contributed by atoms with Crippen LogP contribution in [0.1, 0.15) is 43.4 Å². The smallest absolute Gasteiger partial charge is 0.420 e. The third-order valence-corrected chi connectivity index (χ3v) is 4.90. The van der Waals surface area contributed by atoms with Gasteiger partial charge in [-0.1, -0.05) is 43.7 Å². The standard InChI is InChI=1S/C22H24F3NO2/c1-14(2)13-28-19-9-8-17(12-18(19)22(23,24)25)26-20(27)21(10-11-21)16-6-4-15(3)5-7-16/h4-9,12,14H,10-11,13H2,1-3H3,(H,26,27). The molecule has 2 aromatic rings. The lowest BCUT2D eigenvalue weighted by Crippen LogP contribution is -2.28. The van der Waals surface area contributed by atoms with E-state index in [0.717, 1.165) is 17.2 Å². The number of benzene rings is 2. The van der Waals surface area contributed by atoms with E-state index in [4.69, 9.17) is 4.74 Å². The highest BCUT2D eigenvalue weighted by atomic mass is 19.4. The van der Waals surface area contributed by atoms with Crippen molar-refractivity contribution in [2.24, 2.45) is 5.92 Å². The molecule has 0 aliphatic heterocycles. The number of rotatable bonds is 6. The maximum Gasteiger partial charge on any atom is 0.420 e. The van der Waals surface area contributed by atoms with Crippen molar-refractivity contribution in [2.75, 3.05) is 11.9 Å². The number of carbonyl (C=O) groups excluding carboxylic acids is 1. The number of ether oxygens (including phenoxy) is 1. The molecule has 0 atom stereocenters. The molecule has 6 heteroatoms. The average molecular weight is 391 g/mol. The molecule has 1 fully saturated rings. The number of nitrogens with one attached hydrogen (secondary N) is 1. The summed E-state index contributed by atoms with van der Waals surface area (Å²) in [5, 5.41) is 2.67. The molecule has 3 nitrogen and oxygen atoms in total. The number of halogens is 3. The van der Waals surface area contributed by atoms with Gasteiger partial charge in [-0.3, -0.25) is 4.79 Å². The van der Waals surface area contributed by atoms with E-state index in [1.807, 2.05) is 45.0 Å². The van der Waals surface area contributed by atoms with E-state index in [2.05, 4.69) is 5.32 Å². The Balaban J connectivity index is 1.82. The minimum Gasteiger partial charge on any atom is -0.493 e. The molecule has 1 aliphatic carbocycles. The van der Waals surface area contributed by atoms with Crippen LogP contribution in [-0.2, 0) is 16.4 Å². The Morgan fingerprint density at radius 2 is 1.79 bits per heavy atom. The first-order valence-corrected chi connectivity index (χ1v) is 9.34. The van der Waals surface area contributed by atoms with Gasteiger partial charge in [-0.25, -0.2) is 0 Å². The molecule has 0 spiro atoms. The third kappa shape index (κ3) is 4.32. The van der Waals surface area contributed by atoms with Crippen LogP contribution in [0.4, 0.5) is 18.9 Å². The fourth-order valence-electron chi connectivity index (χ4n) is 3.11. The highest BCUT2D eigenvalue weighted by molar-refractivity contribution is 6.01. The van der Waals surface area contributed by atoms with E-state index in [1.165, 1.54) is 12.1 Å². The fraction of sp³-hybridized carbons (Fsp3) is 0.409. The summed E-state index contributed by atoms with van der Waals surface area (Å²) in [6.07, 6.45) is -3.20. The molecule has 1 aliphatic rings. The topological polar surface area (TPSA) is 38.3 Å². The Hall–Kier alpha value is -2.50. The second-order valence-electron chi connectivity index (χ2n) is 7.82. The molecule has 0 heterocycles. The Morgan fingerprint density at radius 3 is 2.32 bits per heavy atom. The summed E-state index contributed by atoms with van der Waals surface area (Å²) >= 11 is 0. The minimum absolute atomic E-state index is 0.102. The van der Waals surface area contributed by atoms with Crippen molar-refractivity contribution in [1.29, 1.82) is 0 Å². The van der Waals surface area contributed by atoms with Gasteiger partial charge in [0, 0.05) is 5.69 Å². The normalized spacial score (nSPS) is 15.4. The quantitative estimate of drug-likeness (QED) is 0.684. The highest BCUT2D eigenvalue weighted by Crippen LogP contribution is 2.49. The summed E-state index contributed by atoms with van der Waals surface area (Å²) in [5.41, 5.74) is 0.563. The van der Waals surface area contributed by atoms with Crippen molar-refractivity contribution in [3.05, 3.63) is 59.2 Å². The molecule has 3 rings (SSSR count). The lowest BCUT2D eigenvalue weighted by atomic mass is 9.94. The van der Waals surface area contributed by atoms with E-state index < -0.39 is 17.2 Å². The lowest BCUT2D eigenvalue weighted by molar-refractivity contribution is -0.139. The van der Waals surface area contributed by atoms with Gasteiger partial charge in [-0.2, -0.15) is 13.2 Å². The van der Waals surface area contributed by atoms with E-state index in [0.29, 0.717) is 12.8 Å². The van der Waals surface area contributed by atoms with Crippen LogP contribution >= 0.6 is 0 Å². The molecular formula is C22H24F3NO2. The van der Waals surface area contributed by atoms with Crippen LogP contribution in [0.15, 0.2) is 42.5 Å². The summed E-state index contributed by atoms with van der Waals surface area (Å²) < 4.78 is 45.7. The molecule has 0 radical (unpaired) electrons. The molecule has 0 bridgehead atoms. The van der Waals surface area contributed by atoms with Crippen LogP contribution in [0.2, 0.25) is 0 Å². The largest absolute Gasteiger partial charge is 0.493 e. The zero-order valence-corrected chi connectivity index (χ0v) is 16.2. The number of alkyl halides is 3. The monoisotopic (exact) mass is 391 g/mol. The number of carbonyl (C=O) groups is 1. The molecule has 0 saturated heterocycles. The second-order valence-corrected chi connectivity index (χ2v) is 7.82. The molecule has 0 aromatic heterocycles. The molecule has 2 aromatic carbocycles. The Kier molecular flexibility index (Phi) is 5.41. The van der Waals surface area contributed by atoms with Gasteiger partial charge in [0.2, 0.25) is 5.91 Å². The number of anilines is 1. The maximum atomic E-state index is 13.4. The molecule has 1 N–H and O–H groups in total. The van der Waals surface area contributed by atoms with Gasteiger partial charge in [-0.15, -0.1) is 0 Å². The summed E-state index contributed by atoms with van der Waals surface area (Å²) in [4.78, 5) is 12.8. The Bertz CT molecular complexity index is 853. The summed E-state index contributed by atoms with van der Waals surface area (Å²) in [7, 11) is 0. The predicted molar refractivity (Wildman–Crippen MR) is 102 cm³/mol. The van der Waals surface area contributed by atoms with E-state index in [1.54, 1.807) is 0 Å². The number of amides is 1. The molecule has 150 valence electrons. The SMILES string of the molecule is Cc1ccc(C2(C(=O)Nc3ccc(OCC(C)C)c(C(F)(F)F)c3)CC2)cc1. The van der Waals surface area contributed by atoms with E-state index in [9.17, 15) is 18.0 Å². The summed E-state index contributed by atoms with van der Waals surface area (Å²) in [5.74, 6) is -0.399. The van der Waals surface area contributed by atoms with Crippen molar-refractivity contribution in [2.45, 2.75) is 45.2 Å². The predicted octanol–water partition coefficient (Wildman–Crippen LogP) is 5.72. The van der Waals surface area contributed by atoms with Gasteiger partial charge in [0.15, 0.2) is 0 Å². The van der Waals surface area contributed by atoms with Gasteiger partial charge in [-0.05, 0) is 49.4 Å². The zero-order valence-electron chi connectivity index (χ0n) is 16.2. The minimum atomic E-state index is -4.57. The van der Waals surface area contributed by atoms with E-state index >= 15 is 0 Å². The van der Waals surface area contributed by atoms with Crippen molar-refractivity contribution >= 4 is 11.6 Å². The molecular weight excluding hydrogens is 367 g/mol.